The van der Waals surface area contributed by atoms with Crippen LogP contribution in [0.3, 0.4) is 0 Å². The average molecular weight is 330 g/mol. The van der Waals surface area contributed by atoms with Gasteiger partial charge in [0.15, 0.2) is 5.69 Å². The van der Waals surface area contributed by atoms with Gasteiger partial charge in [-0.3, -0.25) is 0 Å². The Labute approximate surface area is 129 Å². The van der Waals surface area contributed by atoms with E-state index in [4.69, 9.17) is 11.6 Å². The molecule has 3 nitrogen and oxygen atoms in total. The van der Waals surface area contributed by atoms with Gasteiger partial charge in [-0.05, 0) is 36.8 Å². The number of carbonyl (C=O) groups is 1. The number of pyridine rings is 1. The maximum atomic E-state index is 12.7. The molecule has 0 radical (unpaired) electrons. The van der Waals surface area contributed by atoms with Crippen molar-refractivity contribution in [2.75, 3.05) is 7.11 Å². The highest BCUT2D eigenvalue weighted by Gasteiger charge is 2.30. The van der Waals surface area contributed by atoms with Crippen LogP contribution in [0.4, 0.5) is 13.2 Å². The molecule has 0 spiro atoms. The molecular weight excluding hydrogens is 319 g/mol. The number of benzene rings is 1. The minimum absolute atomic E-state index is 0.0824. The molecule has 1 aromatic heterocycles. The minimum atomic E-state index is -4.41. The third-order valence-corrected chi connectivity index (χ3v) is 3.36. The normalized spacial score (nSPS) is 11.4. The van der Waals surface area contributed by atoms with Crippen molar-refractivity contribution >= 4 is 17.6 Å². The maximum Gasteiger partial charge on any atom is 0.416 e. The van der Waals surface area contributed by atoms with Crippen LogP contribution >= 0.6 is 11.6 Å². The number of methoxy groups -OCH3 is 1. The summed E-state index contributed by atoms with van der Waals surface area (Å²) in [5.41, 5.74) is 0.392. The molecule has 2 rings (SSSR count). The van der Waals surface area contributed by atoms with Gasteiger partial charge < -0.3 is 4.74 Å². The number of carbonyl (C=O) groups excluding carboxylic acids is 1. The lowest BCUT2D eigenvalue weighted by Crippen LogP contribution is -2.07. The van der Waals surface area contributed by atoms with Gasteiger partial charge >= 0.3 is 12.1 Å². The van der Waals surface area contributed by atoms with E-state index in [1.54, 1.807) is 6.92 Å². The molecule has 1 aromatic carbocycles. The molecule has 0 aliphatic carbocycles. The van der Waals surface area contributed by atoms with Crippen LogP contribution in [0.25, 0.3) is 11.3 Å². The Bertz CT molecular complexity index is 729. The van der Waals surface area contributed by atoms with Gasteiger partial charge in [0, 0.05) is 5.56 Å². The van der Waals surface area contributed by atoms with Crippen molar-refractivity contribution < 1.29 is 22.7 Å². The predicted molar refractivity (Wildman–Crippen MR) is 75.8 cm³/mol. The van der Waals surface area contributed by atoms with Crippen LogP contribution in [0, 0.1) is 6.92 Å². The van der Waals surface area contributed by atoms with E-state index in [1.807, 2.05) is 0 Å². The second-order valence-electron chi connectivity index (χ2n) is 4.55. The molecule has 7 heteroatoms. The molecule has 0 saturated carbocycles. The highest BCUT2D eigenvalue weighted by molar-refractivity contribution is 6.33. The Morgan fingerprint density at radius 2 is 1.91 bits per heavy atom. The summed E-state index contributed by atoms with van der Waals surface area (Å²) in [4.78, 5) is 15.6. The second kappa shape index (κ2) is 5.96. The van der Waals surface area contributed by atoms with Crippen molar-refractivity contribution in [2.45, 2.75) is 13.1 Å². The van der Waals surface area contributed by atoms with Gasteiger partial charge in [0.2, 0.25) is 0 Å². The van der Waals surface area contributed by atoms with Crippen molar-refractivity contribution in [1.29, 1.82) is 0 Å². The van der Waals surface area contributed by atoms with Crippen molar-refractivity contribution in [3.63, 3.8) is 0 Å². The zero-order valence-electron chi connectivity index (χ0n) is 11.7. The van der Waals surface area contributed by atoms with Crippen LogP contribution in [-0.2, 0) is 10.9 Å². The number of ether oxygens (including phenoxy) is 1. The lowest BCUT2D eigenvalue weighted by molar-refractivity contribution is -0.137. The predicted octanol–water partition coefficient (Wildman–Crippen LogP) is 4.52. The van der Waals surface area contributed by atoms with Crippen LogP contribution in [0.5, 0.6) is 0 Å². The highest BCUT2D eigenvalue weighted by Crippen LogP contribution is 2.33. The summed E-state index contributed by atoms with van der Waals surface area (Å²) >= 11 is 5.87. The van der Waals surface area contributed by atoms with E-state index in [0.717, 1.165) is 12.1 Å². The van der Waals surface area contributed by atoms with Gasteiger partial charge in [-0.25, -0.2) is 9.78 Å². The molecule has 0 aliphatic rings. The molecular formula is C15H11ClF3NO2. The molecule has 0 bridgehead atoms. The number of halogens is 4. The fourth-order valence-electron chi connectivity index (χ4n) is 1.96. The molecule has 116 valence electrons. The first kappa shape index (κ1) is 16.3. The van der Waals surface area contributed by atoms with E-state index < -0.39 is 17.7 Å². The lowest BCUT2D eigenvalue weighted by Gasteiger charge is -2.11. The Balaban J connectivity index is 2.51. The third-order valence-electron chi connectivity index (χ3n) is 3.05. The van der Waals surface area contributed by atoms with Crippen LogP contribution in [0.15, 0.2) is 30.3 Å². The molecule has 0 unspecified atom stereocenters. The Morgan fingerprint density at radius 1 is 1.23 bits per heavy atom. The standard InChI is InChI=1S/C15H11ClF3NO2/c1-8-7-9(15(17,18)19)3-4-10(8)12-6-5-11(16)13(20-12)14(21)22-2/h3-7H,1-2H3. The number of hydrogen-bond donors (Lipinski definition) is 0. The molecule has 0 atom stereocenters. The van der Waals surface area contributed by atoms with Crippen LogP contribution < -0.4 is 0 Å². The SMILES string of the molecule is COC(=O)c1nc(-c2ccc(C(F)(F)F)cc2C)ccc1Cl. The lowest BCUT2D eigenvalue weighted by atomic mass is 10.0. The Kier molecular flexibility index (Phi) is 4.42. The molecule has 0 aliphatic heterocycles. The van der Waals surface area contributed by atoms with Crippen molar-refractivity contribution in [2.24, 2.45) is 0 Å². The van der Waals surface area contributed by atoms with Gasteiger partial charge in [0.25, 0.3) is 0 Å². The summed E-state index contributed by atoms with van der Waals surface area (Å²) in [6.45, 7) is 1.54. The number of nitrogens with zero attached hydrogens (tertiary/aromatic N) is 1. The highest BCUT2D eigenvalue weighted by atomic mass is 35.5. The first-order chi connectivity index (χ1) is 10.2. The average Bonchev–Trinajstić information content (AvgIpc) is 2.46. The van der Waals surface area contributed by atoms with Gasteiger partial charge in [-0.1, -0.05) is 17.7 Å². The monoisotopic (exact) mass is 329 g/mol. The first-order valence-corrected chi connectivity index (χ1v) is 6.55. The molecule has 0 saturated heterocycles. The van der Waals surface area contributed by atoms with E-state index in [0.29, 0.717) is 16.8 Å². The fraction of sp³-hybridized carbons (Fsp3) is 0.200. The van der Waals surface area contributed by atoms with E-state index in [1.165, 1.54) is 25.3 Å². The molecule has 0 fully saturated rings. The van der Waals surface area contributed by atoms with E-state index in [-0.39, 0.29) is 10.7 Å². The summed E-state index contributed by atoms with van der Waals surface area (Å²) in [6.07, 6.45) is -4.41. The summed E-state index contributed by atoms with van der Waals surface area (Å²) in [6, 6.07) is 6.30. The van der Waals surface area contributed by atoms with Crippen molar-refractivity contribution in [1.82, 2.24) is 4.98 Å². The van der Waals surface area contributed by atoms with Gasteiger partial charge in [-0.2, -0.15) is 13.2 Å². The third kappa shape index (κ3) is 3.22. The summed E-state index contributed by atoms with van der Waals surface area (Å²) < 4.78 is 42.6. The number of alkyl halides is 3. The largest absolute Gasteiger partial charge is 0.464 e. The van der Waals surface area contributed by atoms with E-state index in [9.17, 15) is 18.0 Å². The van der Waals surface area contributed by atoms with E-state index in [2.05, 4.69) is 9.72 Å². The second-order valence-corrected chi connectivity index (χ2v) is 4.95. The number of esters is 1. The summed E-state index contributed by atoms with van der Waals surface area (Å²) in [7, 11) is 1.19. The fourth-order valence-corrected chi connectivity index (χ4v) is 2.14. The van der Waals surface area contributed by atoms with Crippen molar-refractivity contribution in [3.05, 3.63) is 52.2 Å². The van der Waals surface area contributed by atoms with Gasteiger partial charge in [0.05, 0.1) is 23.4 Å². The molecule has 0 amide bonds. The van der Waals surface area contributed by atoms with Crippen LogP contribution in [0.2, 0.25) is 5.02 Å². The topological polar surface area (TPSA) is 39.2 Å². The number of aryl methyl sites for hydroxylation is 1. The van der Waals surface area contributed by atoms with Crippen molar-refractivity contribution in [3.8, 4) is 11.3 Å². The number of hydrogen-bond acceptors (Lipinski definition) is 3. The zero-order valence-corrected chi connectivity index (χ0v) is 12.4. The Morgan fingerprint density at radius 3 is 2.45 bits per heavy atom. The maximum absolute atomic E-state index is 12.7. The molecule has 22 heavy (non-hydrogen) atoms. The Hall–Kier alpha value is -2.08. The molecule has 2 aromatic rings. The van der Waals surface area contributed by atoms with Gasteiger partial charge in [-0.15, -0.1) is 0 Å². The molecule has 1 heterocycles. The smallest absolute Gasteiger partial charge is 0.416 e. The minimum Gasteiger partial charge on any atom is -0.464 e. The number of rotatable bonds is 2. The number of aromatic nitrogens is 1. The van der Waals surface area contributed by atoms with Crippen LogP contribution in [0.1, 0.15) is 21.6 Å². The zero-order chi connectivity index (χ0) is 16.5. The van der Waals surface area contributed by atoms with Gasteiger partial charge in [0.1, 0.15) is 0 Å². The van der Waals surface area contributed by atoms with E-state index >= 15 is 0 Å². The summed E-state index contributed by atoms with van der Waals surface area (Å²) in [5.74, 6) is -0.712. The first-order valence-electron chi connectivity index (χ1n) is 6.17. The summed E-state index contributed by atoms with van der Waals surface area (Å²) in [5, 5.41) is 0.111. The quantitative estimate of drug-likeness (QED) is 0.761. The molecule has 0 N–H and O–H groups in total. The van der Waals surface area contributed by atoms with Crippen LogP contribution in [-0.4, -0.2) is 18.1 Å².